The molecule has 0 aliphatic heterocycles. The summed E-state index contributed by atoms with van der Waals surface area (Å²) in [5.74, 6) is -0.973. The predicted molar refractivity (Wildman–Crippen MR) is 288 cm³/mol. The van der Waals surface area contributed by atoms with Gasteiger partial charge in [0.25, 0.3) is 0 Å². The normalized spacial score (nSPS) is 13.1. The molecular formula is C61H98O6. The van der Waals surface area contributed by atoms with Crippen LogP contribution in [0, 0.1) is 0 Å². The number of carbonyl (C=O) groups excluding carboxylic acids is 3. The van der Waals surface area contributed by atoms with E-state index in [0.717, 1.165) is 128 Å². The van der Waals surface area contributed by atoms with E-state index in [-0.39, 0.29) is 31.1 Å². The van der Waals surface area contributed by atoms with E-state index in [1.54, 1.807) is 0 Å². The van der Waals surface area contributed by atoms with E-state index in [1.165, 1.54) is 51.4 Å². The fourth-order valence-corrected chi connectivity index (χ4v) is 6.90. The number of carbonyl (C=O) groups is 3. The van der Waals surface area contributed by atoms with Crippen molar-refractivity contribution in [3.05, 3.63) is 122 Å². The Hall–Kier alpha value is -4.19. The van der Waals surface area contributed by atoms with Crippen LogP contribution in [0.5, 0.6) is 0 Å². The molecule has 0 rings (SSSR count). The van der Waals surface area contributed by atoms with Crippen LogP contribution in [0.15, 0.2) is 122 Å². The Morgan fingerprint density at radius 1 is 0.313 bits per heavy atom. The first-order chi connectivity index (χ1) is 33.0. The predicted octanol–water partition coefficient (Wildman–Crippen LogP) is 18.1. The van der Waals surface area contributed by atoms with Crippen LogP contribution in [0.25, 0.3) is 0 Å². The van der Waals surface area contributed by atoms with Crippen LogP contribution in [-0.2, 0) is 28.6 Å². The maximum Gasteiger partial charge on any atom is 0.306 e. The molecule has 0 radical (unpaired) electrons. The van der Waals surface area contributed by atoms with Gasteiger partial charge in [0.15, 0.2) is 6.10 Å². The first-order valence-electron chi connectivity index (χ1n) is 27.0. The Morgan fingerprint density at radius 2 is 0.582 bits per heavy atom. The number of hydrogen-bond donors (Lipinski definition) is 0. The number of ether oxygens (including phenoxy) is 3. The molecule has 0 aromatic rings. The smallest absolute Gasteiger partial charge is 0.306 e. The van der Waals surface area contributed by atoms with Crippen LogP contribution in [0.1, 0.15) is 226 Å². The topological polar surface area (TPSA) is 78.9 Å². The third kappa shape index (κ3) is 52.6. The summed E-state index contributed by atoms with van der Waals surface area (Å²) in [6.45, 7) is 6.39. The highest BCUT2D eigenvalue weighted by Gasteiger charge is 2.19. The molecule has 0 aromatic heterocycles. The fraction of sp³-hybridized carbons (Fsp3) is 0.623. The van der Waals surface area contributed by atoms with Crippen molar-refractivity contribution in [2.75, 3.05) is 13.2 Å². The molecule has 6 nitrogen and oxygen atoms in total. The molecule has 0 heterocycles. The molecule has 1 unspecified atom stereocenters. The van der Waals surface area contributed by atoms with Gasteiger partial charge in [0, 0.05) is 19.3 Å². The summed E-state index contributed by atoms with van der Waals surface area (Å²) in [5.41, 5.74) is 0. The van der Waals surface area contributed by atoms with Crippen LogP contribution in [0.4, 0.5) is 0 Å². The lowest BCUT2D eigenvalue weighted by Crippen LogP contribution is -2.30. The minimum atomic E-state index is -0.803. The SMILES string of the molecule is CC/C=C\C/C=C\C/C=C\C/C=C\C/C=C\C/C=C\C/C=C\C/C=C\CCCCC(=O)OCC(COC(=O)CCCCCCCCC)OC(=O)CCCCCCC/C=C\C/C=C\CCCCC. The highest BCUT2D eigenvalue weighted by molar-refractivity contribution is 5.71. The monoisotopic (exact) mass is 927 g/mol. The van der Waals surface area contributed by atoms with Gasteiger partial charge in [0.05, 0.1) is 0 Å². The van der Waals surface area contributed by atoms with E-state index in [9.17, 15) is 14.4 Å². The first-order valence-corrected chi connectivity index (χ1v) is 27.0. The summed E-state index contributed by atoms with van der Waals surface area (Å²) in [6, 6.07) is 0. The maximum absolute atomic E-state index is 12.8. The van der Waals surface area contributed by atoms with Crippen LogP contribution < -0.4 is 0 Å². The lowest BCUT2D eigenvalue weighted by Gasteiger charge is -2.18. The van der Waals surface area contributed by atoms with Crippen LogP contribution >= 0.6 is 0 Å². The fourth-order valence-electron chi connectivity index (χ4n) is 6.90. The molecule has 0 amide bonds. The summed E-state index contributed by atoms with van der Waals surface area (Å²) in [7, 11) is 0. The van der Waals surface area contributed by atoms with E-state index >= 15 is 0 Å². The molecule has 378 valence electrons. The highest BCUT2D eigenvalue weighted by Crippen LogP contribution is 2.12. The van der Waals surface area contributed by atoms with Gasteiger partial charge in [-0.05, 0) is 116 Å². The lowest BCUT2D eigenvalue weighted by molar-refractivity contribution is -0.167. The molecule has 0 aliphatic rings. The summed E-state index contributed by atoms with van der Waals surface area (Å²) < 4.78 is 16.7. The average molecular weight is 927 g/mol. The summed E-state index contributed by atoms with van der Waals surface area (Å²) in [6.07, 6.45) is 74.9. The van der Waals surface area contributed by atoms with Gasteiger partial charge in [-0.2, -0.15) is 0 Å². The number of allylic oxidation sites excluding steroid dienone is 20. The Kier molecular flexibility index (Phi) is 51.0. The zero-order chi connectivity index (χ0) is 48.6. The van der Waals surface area contributed by atoms with Crippen LogP contribution in [-0.4, -0.2) is 37.2 Å². The maximum atomic E-state index is 12.8. The lowest BCUT2D eigenvalue weighted by atomic mass is 10.1. The molecule has 0 aromatic carbocycles. The van der Waals surface area contributed by atoms with Crippen molar-refractivity contribution >= 4 is 17.9 Å². The Balaban J connectivity index is 4.34. The number of unbranched alkanes of at least 4 members (excludes halogenated alkanes) is 16. The standard InChI is InChI=1S/C61H98O6/c1-4-7-10-13-16-18-20-22-24-25-26-27-28-29-30-31-32-33-34-35-37-38-40-42-45-48-51-54-60(63)66-57-58(56-65-59(62)53-50-47-44-15-12-9-6-3)67-61(64)55-52-49-46-43-41-39-36-23-21-19-17-14-11-8-5-2/h7,10,16-19,22-24,26-27,29-30,32-33,35-37,40,42,58H,4-6,8-9,11-15,20-21,25,28,31,34,38-39,41,43-57H2,1-3H3/b10-7-,18-16-,19-17-,24-22-,27-26-,30-29-,33-32-,36-23-,37-35-,42-40-. The van der Waals surface area contributed by atoms with E-state index in [2.05, 4.69) is 142 Å². The molecular weight excluding hydrogens is 829 g/mol. The minimum Gasteiger partial charge on any atom is -0.462 e. The largest absolute Gasteiger partial charge is 0.462 e. The third-order valence-corrected chi connectivity index (χ3v) is 11.0. The van der Waals surface area contributed by atoms with Crippen molar-refractivity contribution in [1.29, 1.82) is 0 Å². The second-order valence-electron chi connectivity index (χ2n) is 17.4. The second-order valence-corrected chi connectivity index (χ2v) is 17.4. The second kappa shape index (κ2) is 54.4. The molecule has 0 saturated carbocycles. The molecule has 0 aliphatic carbocycles. The van der Waals surface area contributed by atoms with Crippen molar-refractivity contribution in [3.63, 3.8) is 0 Å². The quantitative estimate of drug-likeness (QED) is 0.0262. The summed E-state index contributed by atoms with van der Waals surface area (Å²) >= 11 is 0. The molecule has 0 N–H and O–H groups in total. The van der Waals surface area contributed by atoms with Crippen molar-refractivity contribution in [3.8, 4) is 0 Å². The molecule has 1 atom stereocenters. The van der Waals surface area contributed by atoms with Gasteiger partial charge in [0.1, 0.15) is 13.2 Å². The summed E-state index contributed by atoms with van der Waals surface area (Å²) in [5, 5.41) is 0. The van der Waals surface area contributed by atoms with Gasteiger partial charge < -0.3 is 14.2 Å². The van der Waals surface area contributed by atoms with E-state index in [4.69, 9.17) is 14.2 Å². The van der Waals surface area contributed by atoms with Gasteiger partial charge in [-0.25, -0.2) is 0 Å². The number of rotatable bonds is 47. The third-order valence-electron chi connectivity index (χ3n) is 11.0. The summed E-state index contributed by atoms with van der Waals surface area (Å²) in [4.78, 5) is 37.8. The van der Waals surface area contributed by atoms with E-state index < -0.39 is 6.10 Å². The molecule has 0 bridgehead atoms. The molecule has 6 heteroatoms. The average Bonchev–Trinajstić information content (AvgIpc) is 3.33. The van der Waals surface area contributed by atoms with Crippen LogP contribution in [0.2, 0.25) is 0 Å². The molecule has 0 spiro atoms. The van der Waals surface area contributed by atoms with Gasteiger partial charge in [-0.15, -0.1) is 0 Å². The number of esters is 3. The van der Waals surface area contributed by atoms with E-state index in [1.807, 2.05) is 0 Å². The van der Waals surface area contributed by atoms with E-state index in [0.29, 0.717) is 25.7 Å². The van der Waals surface area contributed by atoms with Gasteiger partial charge in [0.2, 0.25) is 0 Å². The molecule has 0 fully saturated rings. The van der Waals surface area contributed by atoms with Gasteiger partial charge in [-0.1, -0.05) is 213 Å². The van der Waals surface area contributed by atoms with Crippen molar-refractivity contribution in [2.24, 2.45) is 0 Å². The first kappa shape index (κ1) is 62.8. The van der Waals surface area contributed by atoms with Gasteiger partial charge >= 0.3 is 17.9 Å². The Morgan fingerprint density at radius 3 is 0.970 bits per heavy atom. The number of hydrogen-bond acceptors (Lipinski definition) is 6. The van der Waals surface area contributed by atoms with Crippen molar-refractivity contribution < 1.29 is 28.6 Å². The van der Waals surface area contributed by atoms with Crippen LogP contribution in [0.3, 0.4) is 0 Å². The van der Waals surface area contributed by atoms with Crippen molar-refractivity contribution in [1.82, 2.24) is 0 Å². The highest BCUT2D eigenvalue weighted by atomic mass is 16.6. The Labute approximate surface area is 412 Å². The minimum absolute atomic E-state index is 0.100. The zero-order valence-corrected chi connectivity index (χ0v) is 43.1. The zero-order valence-electron chi connectivity index (χ0n) is 43.1. The molecule has 0 saturated heterocycles. The molecule has 67 heavy (non-hydrogen) atoms. The Bertz CT molecular complexity index is 1440. The van der Waals surface area contributed by atoms with Gasteiger partial charge in [-0.3, -0.25) is 14.4 Å². The van der Waals surface area contributed by atoms with Crippen molar-refractivity contribution in [2.45, 2.75) is 232 Å².